The van der Waals surface area contributed by atoms with Crippen LogP contribution < -0.4 is 5.32 Å². The number of unbranched alkanes of at least 4 members (excludes halogenated alkanes) is 2. The number of anilines is 1. The Morgan fingerprint density at radius 1 is 1.00 bits per heavy atom. The molecule has 0 saturated heterocycles. The van der Waals surface area contributed by atoms with E-state index in [2.05, 4.69) is 43.4 Å². The molecule has 1 atom stereocenters. The van der Waals surface area contributed by atoms with Gasteiger partial charge in [0.2, 0.25) is 0 Å². The monoisotopic (exact) mass is 283 g/mol. The van der Waals surface area contributed by atoms with Crippen molar-refractivity contribution < 1.29 is 5.11 Å². The summed E-state index contributed by atoms with van der Waals surface area (Å²) < 4.78 is 0. The molecule has 0 bridgehead atoms. The molecule has 2 nitrogen and oxygen atoms in total. The first-order valence-corrected chi connectivity index (χ1v) is 7.84. The first-order valence-electron chi connectivity index (χ1n) is 7.84. The summed E-state index contributed by atoms with van der Waals surface area (Å²) in [5.74, 6) is 0.341. The van der Waals surface area contributed by atoms with E-state index in [9.17, 15) is 5.11 Å². The normalized spacial score (nSPS) is 12.1. The molecule has 2 rings (SSSR count). The van der Waals surface area contributed by atoms with Gasteiger partial charge < -0.3 is 10.4 Å². The van der Waals surface area contributed by atoms with Gasteiger partial charge in [-0.15, -0.1) is 0 Å². The van der Waals surface area contributed by atoms with E-state index < -0.39 is 0 Å². The number of nitrogens with one attached hydrogen (secondary N) is 1. The van der Waals surface area contributed by atoms with Crippen molar-refractivity contribution in [3.8, 4) is 5.75 Å². The lowest BCUT2D eigenvalue weighted by molar-refractivity contribution is 0.465. The highest BCUT2D eigenvalue weighted by Gasteiger charge is 2.09. The van der Waals surface area contributed by atoms with E-state index in [1.807, 2.05) is 18.2 Å². The van der Waals surface area contributed by atoms with Crippen LogP contribution in [0, 0.1) is 0 Å². The molecule has 21 heavy (non-hydrogen) atoms. The van der Waals surface area contributed by atoms with E-state index in [1.165, 1.54) is 24.8 Å². The van der Waals surface area contributed by atoms with Crippen LogP contribution >= 0.6 is 0 Å². The molecule has 112 valence electrons. The molecular weight excluding hydrogens is 258 g/mol. The Hall–Kier alpha value is -1.96. The zero-order valence-electron chi connectivity index (χ0n) is 13.0. The molecule has 0 aliphatic carbocycles. The van der Waals surface area contributed by atoms with Crippen LogP contribution in [-0.4, -0.2) is 5.11 Å². The average Bonchev–Trinajstić information content (AvgIpc) is 2.49. The van der Waals surface area contributed by atoms with Gasteiger partial charge in [0.15, 0.2) is 0 Å². The maximum Gasteiger partial charge on any atom is 0.120 e. The number of para-hydroxylation sites is 1. The van der Waals surface area contributed by atoms with Gasteiger partial charge in [0.1, 0.15) is 5.75 Å². The van der Waals surface area contributed by atoms with E-state index in [0.717, 1.165) is 17.7 Å². The third kappa shape index (κ3) is 4.52. The second kappa shape index (κ2) is 7.72. The predicted molar refractivity (Wildman–Crippen MR) is 89.8 cm³/mol. The summed E-state index contributed by atoms with van der Waals surface area (Å²) in [4.78, 5) is 0. The SMILES string of the molecule is CCCCCc1ccc(NC(C)c2ccccc2O)cc1. The molecule has 0 saturated carbocycles. The average molecular weight is 283 g/mol. The van der Waals surface area contributed by atoms with Crippen LogP contribution in [0.25, 0.3) is 0 Å². The Balaban J connectivity index is 1.95. The number of phenolic OH excluding ortho intramolecular Hbond substituents is 1. The van der Waals surface area contributed by atoms with Crippen LogP contribution in [0.3, 0.4) is 0 Å². The molecule has 0 aliphatic rings. The predicted octanol–water partition coefficient (Wildman–Crippen LogP) is 5.30. The molecule has 0 fully saturated rings. The Kier molecular flexibility index (Phi) is 5.68. The Bertz CT molecular complexity index is 548. The van der Waals surface area contributed by atoms with Crippen LogP contribution in [-0.2, 0) is 6.42 Å². The quantitative estimate of drug-likeness (QED) is 0.676. The summed E-state index contributed by atoms with van der Waals surface area (Å²) in [6.07, 6.45) is 4.97. The van der Waals surface area contributed by atoms with Gasteiger partial charge >= 0.3 is 0 Å². The fraction of sp³-hybridized carbons (Fsp3) is 0.368. The minimum absolute atomic E-state index is 0.0807. The van der Waals surface area contributed by atoms with Crippen molar-refractivity contribution in [3.63, 3.8) is 0 Å². The van der Waals surface area contributed by atoms with E-state index in [0.29, 0.717) is 5.75 Å². The van der Waals surface area contributed by atoms with Crippen LogP contribution in [0.1, 0.15) is 50.3 Å². The van der Waals surface area contributed by atoms with Gasteiger partial charge in [-0.2, -0.15) is 0 Å². The van der Waals surface area contributed by atoms with Gasteiger partial charge in [0.25, 0.3) is 0 Å². The van der Waals surface area contributed by atoms with Crippen molar-refractivity contribution >= 4 is 5.69 Å². The maximum absolute atomic E-state index is 9.88. The summed E-state index contributed by atoms with van der Waals surface area (Å²) in [6, 6.07) is 16.2. The number of hydrogen-bond acceptors (Lipinski definition) is 2. The zero-order valence-corrected chi connectivity index (χ0v) is 13.0. The van der Waals surface area contributed by atoms with Gasteiger partial charge in [0, 0.05) is 11.3 Å². The molecule has 0 heterocycles. The van der Waals surface area contributed by atoms with Crippen LogP contribution in [0.4, 0.5) is 5.69 Å². The van der Waals surface area contributed by atoms with Crippen molar-refractivity contribution in [2.45, 2.75) is 45.6 Å². The summed E-state index contributed by atoms with van der Waals surface area (Å²) >= 11 is 0. The number of hydrogen-bond donors (Lipinski definition) is 2. The molecule has 2 aromatic rings. The molecule has 1 unspecified atom stereocenters. The summed E-state index contributed by atoms with van der Waals surface area (Å²) in [6.45, 7) is 4.29. The molecule has 2 heteroatoms. The van der Waals surface area contributed by atoms with Gasteiger partial charge in [0.05, 0.1) is 6.04 Å². The largest absolute Gasteiger partial charge is 0.508 e. The summed E-state index contributed by atoms with van der Waals surface area (Å²) in [7, 11) is 0. The lowest BCUT2D eigenvalue weighted by Gasteiger charge is -2.17. The number of rotatable bonds is 7. The Morgan fingerprint density at radius 3 is 2.38 bits per heavy atom. The fourth-order valence-electron chi connectivity index (χ4n) is 2.53. The lowest BCUT2D eigenvalue weighted by atomic mass is 10.1. The molecule has 0 spiro atoms. The maximum atomic E-state index is 9.88. The zero-order chi connectivity index (χ0) is 15.1. The Morgan fingerprint density at radius 2 is 1.71 bits per heavy atom. The number of benzene rings is 2. The standard InChI is InChI=1S/C19H25NO/c1-3-4-5-8-16-11-13-17(14-12-16)20-15(2)18-9-6-7-10-19(18)21/h6-7,9-15,20-21H,3-5,8H2,1-2H3. The second-order valence-corrected chi connectivity index (χ2v) is 5.58. The van der Waals surface area contributed by atoms with Crippen molar-refractivity contribution in [3.05, 3.63) is 59.7 Å². The molecular formula is C19H25NO. The van der Waals surface area contributed by atoms with Crippen LogP contribution in [0.5, 0.6) is 5.75 Å². The summed E-state index contributed by atoms with van der Waals surface area (Å²) in [5, 5.41) is 13.3. The van der Waals surface area contributed by atoms with Crippen LogP contribution in [0.15, 0.2) is 48.5 Å². The molecule has 2 aromatic carbocycles. The third-order valence-corrected chi connectivity index (χ3v) is 3.81. The molecule has 2 N–H and O–H groups in total. The number of phenols is 1. The van der Waals surface area contributed by atoms with Gasteiger partial charge in [-0.3, -0.25) is 0 Å². The molecule has 0 amide bonds. The van der Waals surface area contributed by atoms with Crippen LogP contribution in [0.2, 0.25) is 0 Å². The highest BCUT2D eigenvalue weighted by molar-refractivity contribution is 5.48. The minimum atomic E-state index is 0.0807. The Labute approximate surface area is 127 Å². The van der Waals surface area contributed by atoms with E-state index >= 15 is 0 Å². The fourth-order valence-corrected chi connectivity index (χ4v) is 2.53. The lowest BCUT2D eigenvalue weighted by Crippen LogP contribution is -2.06. The van der Waals surface area contributed by atoms with Crippen molar-refractivity contribution in [1.82, 2.24) is 0 Å². The second-order valence-electron chi connectivity index (χ2n) is 5.58. The first-order chi connectivity index (χ1) is 10.2. The van der Waals surface area contributed by atoms with Crippen molar-refractivity contribution in [1.29, 1.82) is 0 Å². The van der Waals surface area contributed by atoms with E-state index in [1.54, 1.807) is 6.07 Å². The summed E-state index contributed by atoms with van der Waals surface area (Å²) in [5.41, 5.74) is 3.40. The van der Waals surface area contributed by atoms with E-state index in [-0.39, 0.29) is 6.04 Å². The highest BCUT2D eigenvalue weighted by atomic mass is 16.3. The molecule has 0 aliphatic heterocycles. The van der Waals surface area contributed by atoms with Gasteiger partial charge in [-0.25, -0.2) is 0 Å². The number of aromatic hydroxyl groups is 1. The number of aryl methyl sites for hydroxylation is 1. The molecule has 0 aromatic heterocycles. The highest BCUT2D eigenvalue weighted by Crippen LogP contribution is 2.26. The van der Waals surface area contributed by atoms with Crippen molar-refractivity contribution in [2.24, 2.45) is 0 Å². The van der Waals surface area contributed by atoms with Crippen molar-refractivity contribution in [2.75, 3.05) is 5.32 Å². The molecule has 0 radical (unpaired) electrons. The third-order valence-electron chi connectivity index (χ3n) is 3.81. The van der Waals surface area contributed by atoms with E-state index in [4.69, 9.17) is 0 Å². The van der Waals surface area contributed by atoms with Gasteiger partial charge in [-0.1, -0.05) is 50.1 Å². The van der Waals surface area contributed by atoms with Gasteiger partial charge in [-0.05, 0) is 43.5 Å². The topological polar surface area (TPSA) is 32.3 Å². The smallest absolute Gasteiger partial charge is 0.120 e. The first kappa shape index (κ1) is 15.4. The minimum Gasteiger partial charge on any atom is -0.508 e.